The minimum Gasteiger partial charge on any atom is -0.497 e. The normalized spacial score (nSPS) is 10.2. The SMILES string of the molecule is C=C(c1ccc(OC)cc1OCC)c1ccc(OC)cc1OCC. The zero-order valence-electron chi connectivity index (χ0n) is 14.7. The highest BCUT2D eigenvalue weighted by atomic mass is 16.5. The minimum atomic E-state index is 0.564. The number of hydrogen-bond donors (Lipinski definition) is 0. The molecule has 0 aliphatic rings. The predicted octanol–water partition coefficient (Wildman–Crippen LogP) is 4.56. The van der Waals surface area contributed by atoms with Gasteiger partial charge in [0.1, 0.15) is 23.0 Å². The van der Waals surface area contributed by atoms with Crippen LogP contribution in [0, 0.1) is 0 Å². The molecule has 128 valence electrons. The van der Waals surface area contributed by atoms with Crippen molar-refractivity contribution in [1.29, 1.82) is 0 Å². The third-order valence-corrected chi connectivity index (χ3v) is 3.63. The Morgan fingerprint density at radius 3 is 1.54 bits per heavy atom. The van der Waals surface area contributed by atoms with E-state index in [4.69, 9.17) is 18.9 Å². The highest BCUT2D eigenvalue weighted by molar-refractivity contribution is 5.84. The van der Waals surface area contributed by atoms with Gasteiger partial charge in [-0.15, -0.1) is 0 Å². The summed E-state index contributed by atoms with van der Waals surface area (Å²) in [5.74, 6) is 2.96. The molecule has 4 heteroatoms. The van der Waals surface area contributed by atoms with E-state index in [0.717, 1.165) is 39.7 Å². The van der Waals surface area contributed by atoms with Gasteiger partial charge >= 0.3 is 0 Å². The quantitative estimate of drug-likeness (QED) is 0.712. The first kappa shape index (κ1) is 17.7. The maximum Gasteiger partial charge on any atom is 0.130 e. The second-order valence-corrected chi connectivity index (χ2v) is 5.07. The van der Waals surface area contributed by atoms with Crippen LogP contribution in [0.15, 0.2) is 43.0 Å². The van der Waals surface area contributed by atoms with Gasteiger partial charge in [0.25, 0.3) is 0 Å². The van der Waals surface area contributed by atoms with Gasteiger partial charge in [-0.05, 0) is 43.7 Å². The molecule has 0 amide bonds. The summed E-state index contributed by atoms with van der Waals surface area (Å²) in [7, 11) is 3.27. The summed E-state index contributed by atoms with van der Waals surface area (Å²) in [6.07, 6.45) is 0. The Labute approximate surface area is 143 Å². The summed E-state index contributed by atoms with van der Waals surface area (Å²) in [5.41, 5.74) is 2.64. The lowest BCUT2D eigenvalue weighted by atomic mass is 9.97. The van der Waals surface area contributed by atoms with E-state index in [2.05, 4.69) is 6.58 Å². The lowest BCUT2D eigenvalue weighted by molar-refractivity contribution is 0.333. The number of ether oxygens (including phenoxy) is 4. The van der Waals surface area contributed by atoms with Gasteiger partial charge in [-0.1, -0.05) is 6.58 Å². The third-order valence-electron chi connectivity index (χ3n) is 3.63. The molecule has 0 saturated carbocycles. The van der Waals surface area contributed by atoms with Crippen LogP contribution in [0.4, 0.5) is 0 Å². The standard InChI is InChI=1S/C20H24O4/c1-6-23-19-12-15(21-4)8-10-17(19)14(3)18-11-9-16(22-5)13-20(18)24-7-2/h8-13H,3,6-7H2,1-2,4-5H3. The lowest BCUT2D eigenvalue weighted by Gasteiger charge is -2.17. The van der Waals surface area contributed by atoms with Crippen LogP contribution in [0.3, 0.4) is 0 Å². The van der Waals surface area contributed by atoms with Gasteiger partial charge in [0.2, 0.25) is 0 Å². The van der Waals surface area contributed by atoms with E-state index in [1.165, 1.54) is 0 Å². The van der Waals surface area contributed by atoms with Gasteiger partial charge in [-0.2, -0.15) is 0 Å². The highest BCUT2D eigenvalue weighted by Crippen LogP contribution is 2.38. The number of methoxy groups -OCH3 is 2. The van der Waals surface area contributed by atoms with Gasteiger partial charge in [-0.3, -0.25) is 0 Å². The molecule has 0 radical (unpaired) electrons. The van der Waals surface area contributed by atoms with Crippen molar-refractivity contribution in [2.45, 2.75) is 13.8 Å². The molecular formula is C20H24O4. The van der Waals surface area contributed by atoms with E-state index < -0.39 is 0 Å². The van der Waals surface area contributed by atoms with Gasteiger partial charge in [0.05, 0.1) is 27.4 Å². The molecule has 0 saturated heterocycles. The van der Waals surface area contributed by atoms with Gasteiger partial charge in [0, 0.05) is 23.3 Å². The Morgan fingerprint density at radius 1 is 0.792 bits per heavy atom. The van der Waals surface area contributed by atoms with Crippen LogP contribution in [0.1, 0.15) is 25.0 Å². The van der Waals surface area contributed by atoms with Crippen molar-refractivity contribution in [1.82, 2.24) is 0 Å². The molecule has 2 aromatic rings. The van der Waals surface area contributed by atoms with Crippen molar-refractivity contribution in [3.8, 4) is 23.0 Å². The summed E-state index contributed by atoms with van der Waals surface area (Å²) in [5, 5.41) is 0. The molecule has 0 spiro atoms. The fraction of sp³-hybridized carbons (Fsp3) is 0.300. The van der Waals surface area contributed by atoms with Crippen LogP contribution in [-0.4, -0.2) is 27.4 Å². The molecule has 2 aromatic carbocycles. The molecule has 0 bridgehead atoms. The largest absolute Gasteiger partial charge is 0.497 e. The van der Waals surface area contributed by atoms with Crippen LogP contribution in [-0.2, 0) is 0 Å². The number of hydrogen-bond acceptors (Lipinski definition) is 4. The average Bonchev–Trinajstić information content (AvgIpc) is 2.61. The smallest absolute Gasteiger partial charge is 0.130 e. The molecule has 2 rings (SSSR count). The first-order valence-corrected chi connectivity index (χ1v) is 7.95. The Kier molecular flexibility index (Phi) is 6.13. The molecule has 0 fully saturated rings. The van der Waals surface area contributed by atoms with Crippen molar-refractivity contribution in [3.05, 3.63) is 54.1 Å². The topological polar surface area (TPSA) is 36.9 Å². The van der Waals surface area contributed by atoms with Gasteiger partial charge in [0.15, 0.2) is 0 Å². The van der Waals surface area contributed by atoms with Crippen molar-refractivity contribution in [3.63, 3.8) is 0 Å². The second kappa shape index (κ2) is 8.29. The van der Waals surface area contributed by atoms with Gasteiger partial charge < -0.3 is 18.9 Å². The van der Waals surface area contributed by atoms with E-state index in [1.807, 2.05) is 50.2 Å². The molecule has 0 atom stereocenters. The van der Waals surface area contributed by atoms with Crippen molar-refractivity contribution in [2.24, 2.45) is 0 Å². The Hall–Kier alpha value is -2.62. The molecular weight excluding hydrogens is 304 g/mol. The zero-order valence-corrected chi connectivity index (χ0v) is 14.7. The van der Waals surface area contributed by atoms with Crippen LogP contribution >= 0.6 is 0 Å². The number of rotatable bonds is 8. The summed E-state index contributed by atoms with van der Waals surface area (Å²) in [6.45, 7) is 9.28. The lowest BCUT2D eigenvalue weighted by Crippen LogP contribution is -2.01. The van der Waals surface area contributed by atoms with E-state index in [-0.39, 0.29) is 0 Å². The average molecular weight is 328 g/mol. The summed E-state index contributed by atoms with van der Waals surface area (Å²) < 4.78 is 22.1. The fourth-order valence-electron chi connectivity index (χ4n) is 2.45. The third kappa shape index (κ3) is 3.82. The minimum absolute atomic E-state index is 0.564. The van der Waals surface area contributed by atoms with E-state index >= 15 is 0 Å². The maximum absolute atomic E-state index is 5.76. The van der Waals surface area contributed by atoms with Crippen molar-refractivity contribution < 1.29 is 18.9 Å². The number of benzene rings is 2. The van der Waals surface area contributed by atoms with E-state index in [0.29, 0.717) is 13.2 Å². The maximum atomic E-state index is 5.76. The zero-order chi connectivity index (χ0) is 17.5. The molecule has 0 aliphatic heterocycles. The Bertz CT molecular complexity index is 647. The summed E-state index contributed by atoms with van der Waals surface area (Å²) in [4.78, 5) is 0. The van der Waals surface area contributed by atoms with Crippen LogP contribution in [0.25, 0.3) is 5.57 Å². The second-order valence-electron chi connectivity index (χ2n) is 5.07. The van der Waals surface area contributed by atoms with Gasteiger partial charge in [-0.25, -0.2) is 0 Å². The molecule has 0 aromatic heterocycles. The molecule has 0 heterocycles. The van der Waals surface area contributed by atoms with E-state index in [1.54, 1.807) is 14.2 Å². The fourth-order valence-corrected chi connectivity index (χ4v) is 2.45. The van der Waals surface area contributed by atoms with Crippen LogP contribution < -0.4 is 18.9 Å². The highest BCUT2D eigenvalue weighted by Gasteiger charge is 2.15. The monoisotopic (exact) mass is 328 g/mol. The van der Waals surface area contributed by atoms with Crippen molar-refractivity contribution >= 4 is 5.57 Å². The summed E-state index contributed by atoms with van der Waals surface area (Å²) >= 11 is 0. The predicted molar refractivity (Wildman–Crippen MR) is 96.5 cm³/mol. The van der Waals surface area contributed by atoms with E-state index in [9.17, 15) is 0 Å². The molecule has 24 heavy (non-hydrogen) atoms. The van der Waals surface area contributed by atoms with Crippen LogP contribution in [0.5, 0.6) is 23.0 Å². The Morgan fingerprint density at radius 2 is 1.21 bits per heavy atom. The summed E-state index contributed by atoms with van der Waals surface area (Å²) in [6, 6.07) is 11.4. The molecule has 4 nitrogen and oxygen atoms in total. The van der Waals surface area contributed by atoms with Crippen LogP contribution in [0.2, 0.25) is 0 Å². The molecule has 0 aliphatic carbocycles. The first-order valence-electron chi connectivity index (χ1n) is 7.95. The Balaban J connectivity index is 2.48. The molecule has 0 N–H and O–H groups in total. The molecule has 0 unspecified atom stereocenters. The first-order chi connectivity index (χ1) is 11.6. The van der Waals surface area contributed by atoms with Crippen molar-refractivity contribution in [2.75, 3.05) is 27.4 Å².